The summed E-state index contributed by atoms with van der Waals surface area (Å²) in [6.07, 6.45) is 0. The lowest BCUT2D eigenvalue weighted by Gasteiger charge is -1.88. The smallest absolute Gasteiger partial charge is 0.302 e. The maximum Gasteiger partial charge on any atom is 0.302 e. The van der Waals surface area contributed by atoms with Gasteiger partial charge in [0.1, 0.15) is 0 Å². The molecule has 3 N–H and O–H groups in total. The van der Waals surface area contributed by atoms with Crippen LogP contribution in [0.5, 0.6) is 0 Å². The number of nitrogens with zero attached hydrogens (tertiary/aromatic N) is 1. The lowest BCUT2D eigenvalue weighted by Crippen LogP contribution is -2.62. The predicted molar refractivity (Wildman–Crippen MR) is 26.9 cm³/mol. The number of hydrogen-bond donors (Lipinski definition) is 1. The number of amides is 1. The molecule has 0 rings (SSSR count). The van der Waals surface area contributed by atoms with E-state index in [1.54, 1.807) is 6.92 Å². The summed E-state index contributed by atoms with van der Waals surface area (Å²) < 4.78 is 0. The molecule has 0 fully saturated rings. The molecule has 0 saturated heterocycles. The van der Waals surface area contributed by atoms with E-state index in [9.17, 15) is 4.79 Å². The Bertz CT molecular complexity index is 87.7. The molecule has 0 radical (unpaired) electrons. The van der Waals surface area contributed by atoms with E-state index in [0.29, 0.717) is 0 Å². The number of rotatable bonds is 1. The van der Waals surface area contributed by atoms with Gasteiger partial charge in [-0.15, -0.1) is 0 Å². The summed E-state index contributed by atoms with van der Waals surface area (Å²) in [6.45, 7) is 4.72. The topological polar surface area (TPSA) is 57.1 Å². The predicted octanol–water partition coefficient (Wildman–Crippen LogP) is -1.16. The Morgan fingerprint density at radius 2 is 2.43 bits per heavy atom. The maximum absolute atomic E-state index is 10.2. The zero-order valence-electron chi connectivity index (χ0n) is 4.35. The van der Waals surface area contributed by atoms with E-state index in [2.05, 4.69) is 17.4 Å². The van der Waals surface area contributed by atoms with Crippen molar-refractivity contribution in [2.75, 3.05) is 0 Å². The third-order valence-electron chi connectivity index (χ3n) is 0.577. The van der Waals surface area contributed by atoms with Gasteiger partial charge in [0.2, 0.25) is 0 Å². The molecule has 0 saturated carbocycles. The van der Waals surface area contributed by atoms with Crippen molar-refractivity contribution in [3.8, 4) is 0 Å². The van der Waals surface area contributed by atoms with Gasteiger partial charge in [-0.25, -0.2) is 4.99 Å². The van der Waals surface area contributed by atoms with Gasteiger partial charge < -0.3 is 5.73 Å². The van der Waals surface area contributed by atoms with Crippen molar-refractivity contribution in [1.29, 1.82) is 0 Å². The van der Waals surface area contributed by atoms with E-state index < -0.39 is 0 Å². The zero-order chi connectivity index (χ0) is 5.86. The SMILES string of the molecule is C=NC(=O)C(C)[NH3+]. The summed E-state index contributed by atoms with van der Waals surface area (Å²) in [7, 11) is 0. The second kappa shape index (κ2) is 2.47. The second-order valence-corrected chi connectivity index (χ2v) is 1.40. The Hall–Kier alpha value is -0.700. The average molecular weight is 101 g/mol. The molecule has 1 amide bonds. The van der Waals surface area contributed by atoms with E-state index in [1.165, 1.54) is 0 Å². The third-order valence-corrected chi connectivity index (χ3v) is 0.577. The quantitative estimate of drug-likeness (QED) is 0.416. The Morgan fingerprint density at radius 1 is 2.00 bits per heavy atom. The molecule has 3 nitrogen and oxygen atoms in total. The molecule has 0 aliphatic carbocycles. The first-order chi connectivity index (χ1) is 3.18. The summed E-state index contributed by atoms with van der Waals surface area (Å²) in [4.78, 5) is 13.4. The fourth-order valence-corrected chi connectivity index (χ4v) is 0.156. The van der Waals surface area contributed by atoms with Crippen molar-refractivity contribution >= 4 is 12.6 Å². The molecule has 0 aromatic heterocycles. The van der Waals surface area contributed by atoms with Crippen molar-refractivity contribution in [3.05, 3.63) is 0 Å². The van der Waals surface area contributed by atoms with Gasteiger partial charge in [0.25, 0.3) is 0 Å². The third kappa shape index (κ3) is 2.05. The summed E-state index contributed by atoms with van der Waals surface area (Å²) in [5.74, 6) is -0.250. The van der Waals surface area contributed by atoms with Gasteiger partial charge in [0, 0.05) is 0 Å². The van der Waals surface area contributed by atoms with E-state index in [0.717, 1.165) is 0 Å². The van der Waals surface area contributed by atoms with Gasteiger partial charge in [-0.2, -0.15) is 0 Å². The van der Waals surface area contributed by atoms with Crippen LogP contribution in [-0.2, 0) is 4.79 Å². The molecule has 0 aliphatic rings. The maximum atomic E-state index is 10.2. The van der Waals surface area contributed by atoms with Crippen LogP contribution in [-0.4, -0.2) is 18.7 Å². The van der Waals surface area contributed by atoms with Crippen LogP contribution in [0.3, 0.4) is 0 Å². The molecule has 0 aromatic rings. The molecule has 3 heteroatoms. The van der Waals surface area contributed by atoms with Crippen LogP contribution in [0, 0.1) is 0 Å². The van der Waals surface area contributed by atoms with Crippen molar-refractivity contribution in [2.24, 2.45) is 4.99 Å². The molecule has 0 aliphatic heterocycles. The fraction of sp³-hybridized carbons (Fsp3) is 0.500. The summed E-state index contributed by atoms with van der Waals surface area (Å²) in [5.41, 5.74) is 3.43. The molecule has 0 spiro atoms. The molecule has 0 aromatic carbocycles. The second-order valence-electron chi connectivity index (χ2n) is 1.40. The lowest BCUT2D eigenvalue weighted by molar-refractivity contribution is -0.397. The Morgan fingerprint density at radius 3 is 2.43 bits per heavy atom. The normalized spacial score (nSPS) is 12.9. The molecular formula is C4H9N2O+. The molecule has 40 valence electrons. The van der Waals surface area contributed by atoms with Crippen molar-refractivity contribution < 1.29 is 10.5 Å². The van der Waals surface area contributed by atoms with E-state index in [1.807, 2.05) is 0 Å². The average Bonchev–Trinajstić information content (AvgIpc) is 1.65. The number of carbonyl (C=O) groups is 1. The zero-order valence-corrected chi connectivity index (χ0v) is 4.35. The summed E-state index contributed by atoms with van der Waals surface area (Å²) in [6, 6.07) is -0.252. The van der Waals surface area contributed by atoms with E-state index in [-0.39, 0.29) is 11.9 Å². The molecule has 0 bridgehead atoms. The lowest BCUT2D eigenvalue weighted by atomic mass is 10.4. The molecular weight excluding hydrogens is 92.1 g/mol. The molecule has 0 heterocycles. The highest BCUT2D eigenvalue weighted by molar-refractivity contribution is 5.83. The van der Waals surface area contributed by atoms with Crippen LogP contribution < -0.4 is 5.73 Å². The highest BCUT2D eigenvalue weighted by atomic mass is 16.1. The summed E-state index contributed by atoms with van der Waals surface area (Å²) >= 11 is 0. The molecule has 1 atom stereocenters. The Kier molecular flexibility index (Phi) is 2.22. The van der Waals surface area contributed by atoms with Gasteiger partial charge >= 0.3 is 5.91 Å². The first-order valence-corrected chi connectivity index (χ1v) is 2.02. The van der Waals surface area contributed by atoms with Gasteiger partial charge in [0.15, 0.2) is 6.04 Å². The number of aliphatic imine (C=N–C) groups is 1. The minimum Gasteiger partial charge on any atom is -0.347 e. The van der Waals surface area contributed by atoms with Crippen LogP contribution in [0.4, 0.5) is 0 Å². The molecule has 7 heavy (non-hydrogen) atoms. The summed E-state index contributed by atoms with van der Waals surface area (Å²) in [5, 5.41) is 0. The van der Waals surface area contributed by atoms with Crippen LogP contribution in [0.2, 0.25) is 0 Å². The van der Waals surface area contributed by atoms with Crippen LogP contribution >= 0.6 is 0 Å². The van der Waals surface area contributed by atoms with Crippen LogP contribution in [0.1, 0.15) is 6.92 Å². The van der Waals surface area contributed by atoms with Crippen molar-refractivity contribution in [3.63, 3.8) is 0 Å². The standard InChI is InChI=1S/C4H8N2O/c1-3(5)4(7)6-2/h3H,2,5H2,1H3/p+1. The monoisotopic (exact) mass is 101 g/mol. The fourth-order valence-electron chi connectivity index (χ4n) is 0.156. The first kappa shape index (κ1) is 6.30. The van der Waals surface area contributed by atoms with E-state index >= 15 is 0 Å². The number of carbonyl (C=O) groups excluding carboxylic acids is 1. The highest BCUT2D eigenvalue weighted by Crippen LogP contribution is 1.73. The van der Waals surface area contributed by atoms with Gasteiger partial charge in [-0.1, -0.05) is 0 Å². The minimum atomic E-state index is -0.252. The van der Waals surface area contributed by atoms with Crippen molar-refractivity contribution in [1.82, 2.24) is 0 Å². The van der Waals surface area contributed by atoms with Crippen LogP contribution in [0.15, 0.2) is 4.99 Å². The van der Waals surface area contributed by atoms with Crippen LogP contribution in [0.25, 0.3) is 0 Å². The van der Waals surface area contributed by atoms with E-state index in [4.69, 9.17) is 0 Å². The number of quaternary nitrogens is 1. The Labute approximate surface area is 42.2 Å². The largest absolute Gasteiger partial charge is 0.347 e. The van der Waals surface area contributed by atoms with Gasteiger partial charge in [0.05, 0.1) is 0 Å². The van der Waals surface area contributed by atoms with Gasteiger partial charge in [-0.05, 0) is 13.6 Å². The van der Waals surface area contributed by atoms with Crippen molar-refractivity contribution in [2.45, 2.75) is 13.0 Å². The van der Waals surface area contributed by atoms with Gasteiger partial charge in [-0.3, -0.25) is 4.79 Å². The highest BCUT2D eigenvalue weighted by Gasteiger charge is 2.04. The first-order valence-electron chi connectivity index (χ1n) is 2.02. The molecule has 1 unspecified atom stereocenters. The Balaban J connectivity index is 3.56. The number of hydrogen-bond acceptors (Lipinski definition) is 1. The minimum absolute atomic E-state index is 0.250.